The van der Waals surface area contributed by atoms with Crippen LogP contribution in [0.2, 0.25) is 0 Å². The molecule has 0 spiro atoms. The summed E-state index contributed by atoms with van der Waals surface area (Å²) in [7, 11) is 0. The average molecular weight is 232 g/mol. The van der Waals surface area contributed by atoms with Gasteiger partial charge in [0.1, 0.15) is 5.82 Å². The van der Waals surface area contributed by atoms with E-state index in [-0.39, 0.29) is 6.03 Å². The Labute approximate surface area is 101 Å². The van der Waals surface area contributed by atoms with Gasteiger partial charge < -0.3 is 0 Å². The number of nitrogens with zero attached hydrogens (tertiary/aromatic N) is 2. The molecule has 5 nitrogen and oxygen atoms in total. The van der Waals surface area contributed by atoms with Crippen LogP contribution >= 0.6 is 0 Å². The quantitative estimate of drug-likeness (QED) is 0.763. The molecule has 1 aliphatic rings. The van der Waals surface area contributed by atoms with Gasteiger partial charge in [0.2, 0.25) is 0 Å². The molecule has 0 saturated carbocycles. The largest absolute Gasteiger partial charge is 0.334 e. The Morgan fingerprint density at radius 3 is 3.00 bits per heavy atom. The van der Waals surface area contributed by atoms with Gasteiger partial charge in [-0.05, 0) is 25.5 Å². The van der Waals surface area contributed by atoms with Crippen LogP contribution < -0.4 is 10.7 Å². The lowest BCUT2D eigenvalue weighted by Gasteiger charge is -2.23. The fraction of sp³-hybridized carbons (Fsp3) is 0.333. The molecule has 1 aromatic heterocycles. The van der Waals surface area contributed by atoms with Gasteiger partial charge in [0, 0.05) is 18.8 Å². The summed E-state index contributed by atoms with van der Waals surface area (Å²) in [5.41, 5.74) is 3.66. The van der Waals surface area contributed by atoms with E-state index in [9.17, 15) is 4.79 Å². The van der Waals surface area contributed by atoms with E-state index in [1.165, 1.54) is 0 Å². The number of hydrazine groups is 1. The molecule has 0 unspecified atom stereocenters. The fourth-order valence-corrected chi connectivity index (χ4v) is 1.64. The average Bonchev–Trinajstić information content (AvgIpc) is 2.30. The van der Waals surface area contributed by atoms with Gasteiger partial charge in [-0.2, -0.15) is 0 Å². The van der Waals surface area contributed by atoms with E-state index in [4.69, 9.17) is 0 Å². The number of aromatic nitrogens is 1. The first-order valence-electron chi connectivity index (χ1n) is 5.65. The molecule has 1 aromatic rings. The number of anilines is 1. The Balaban J connectivity index is 1.86. The maximum atomic E-state index is 11.7. The van der Waals surface area contributed by atoms with Crippen LogP contribution in [0.3, 0.4) is 0 Å². The smallest absolute Gasteiger partial charge is 0.291 e. The van der Waals surface area contributed by atoms with Gasteiger partial charge >= 0.3 is 6.03 Å². The number of pyridine rings is 1. The van der Waals surface area contributed by atoms with Crippen LogP contribution in [0.1, 0.15) is 12.1 Å². The summed E-state index contributed by atoms with van der Waals surface area (Å²) >= 11 is 0. The lowest BCUT2D eigenvalue weighted by Crippen LogP contribution is -2.45. The number of carbonyl (C=O) groups excluding carboxylic acids is 1. The van der Waals surface area contributed by atoms with Crippen LogP contribution in [0.5, 0.6) is 0 Å². The van der Waals surface area contributed by atoms with Gasteiger partial charge in [-0.3, -0.25) is 10.7 Å². The second kappa shape index (κ2) is 5.45. The van der Waals surface area contributed by atoms with Crippen LogP contribution in [0.25, 0.3) is 0 Å². The number of rotatable bonds is 2. The van der Waals surface area contributed by atoms with Crippen LogP contribution in [0.4, 0.5) is 10.6 Å². The maximum Gasteiger partial charge on any atom is 0.334 e. The van der Waals surface area contributed by atoms with E-state index in [1.54, 1.807) is 6.07 Å². The predicted octanol–water partition coefficient (Wildman–Crippen LogP) is 1.69. The van der Waals surface area contributed by atoms with E-state index in [0.717, 1.165) is 25.2 Å². The molecule has 0 aromatic carbocycles. The number of carbonyl (C=O) groups is 1. The first-order chi connectivity index (χ1) is 8.24. The molecule has 2 heterocycles. The lowest BCUT2D eigenvalue weighted by molar-refractivity contribution is 0.195. The maximum absolute atomic E-state index is 11.7. The highest BCUT2D eigenvalue weighted by Gasteiger charge is 2.09. The van der Waals surface area contributed by atoms with Crippen molar-refractivity contribution >= 4 is 11.8 Å². The molecule has 2 amide bonds. The molecule has 0 bridgehead atoms. The molecule has 2 rings (SSSR count). The molecule has 17 heavy (non-hydrogen) atoms. The number of amides is 2. The van der Waals surface area contributed by atoms with Crippen molar-refractivity contribution in [3.05, 3.63) is 36.0 Å². The minimum atomic E-state index is -0.251. The van der Waals surface area contributed by atoms with Gasteiger partial charge in [0.05, 0.1) is 0 Å². The third kappa shape index (κ3) is 3.57. The number of hydrogen-bond donors (Lipinski definition) is 2. The number of hydrogen-bond acceptors (Lipinski definition) is 3. The zero-order valence-electron chi connectivity index (χ0n) is 9.81. The van der Waals surface area contributed by atoms with E-state index in [1.807, 2.05) is 30.1 Å². The minimum absolute atomic E-state index is 0.251. The minimum Gasteiger partial charge on any atom is -0.291 e. The zero-order chi connectivity index (χ0) is 12.1. The van der Waals surface area contributed by atoms with E-state index in [0.29, 0.717) is 5.82 Å². The molecule has 0 atom stereocenters. The first kappa shape index (κ1) is 11.6. The molecule has 5 heteroatoms. The van der Waals surface area contributed by atoms with Crippen molar-refractivity contribution in [2.45, 2.75) is 13.3 Å². The van der Waals surface area contributed by atoms with E-state index >= 15 is 0 Å². The summed E-state index contributed by atoms with van der Waals surface area (Å²) in [5.74, 6) is 0.565. The Morgan fingerprint density at radius 1 is 1.41 bits per heavy atom. The number of urea groups is 1. The zero-order valence-corrected chi connectivity index (χ0v) is 9.81. The fourth-order valence-electron chi connectivity index (χ4n) is 1.64. The molecular formula is C12H16N4O. The normalized spacial score (nSPS) is 15.6. The van der Waals surface area contributed by atoms with Crippen molar-refractivity contribution in [1.82, 2.24) is 15.4 Å². The summed E-state index contributed by atoms with van der Waals surface area (Å²) in [4.78, 5) is 15.9. The van der Waals surface area contributed by atoms with Gasteiger partial charge in [-0.15, -0.1) is 0 Å². The van der Waals surface area contributed by atoms with Crippen molar-refractivity contribution < 1.29 is 4.79 Å². The van der Waals surface area contributed by atoms with Gasteiger partial charge in [0.15, 0.2) is 0 Å². The highest BCUT2D eigenvalue weighted by molar-refractivity contribution is 5.87. The summed E-state index contributed by atoms with van der Waals surface area (Å²) in [6, 6.07) is 5.27. The van der Waals surface area contributed by atoms with Crippen molar-refractivity contribution in [2.75, 3.05) is 18.4 Å². The van der Waals surface area contributed by atoms with Gasteiger partial charge in [-0.25, -0.2) is 14.8 Å². The van der Waals surface area contributed by atoms with Crippen molar-refractivity contribution in [2.24, 2.45) is 0 Å². The molecule has 0 fully saturated rings. The standard InChI is InChI=1S/C12H16N4O/c1-10-6-5-7-11(13-10)14-12(17)15-16-8-3-2-4-9-16/h2-3,5-7H,4,8-9H2,1H3,(H2,13,14,15,17). The first-order valence-corrected chi connectivity index (χ1v) is 5.65. The highest BCUT2D eigenvalue weighted by Crippen LogP contribution is 2.04. The third-order valence-electron chi connectivity index (χ3n) is 2.45. The number of nitrogens with one attached hydrogen (secondary N) is 2. The van der Waals surface area contributed by atoms with Gasteiger partial charge in [0.25, 0.3) is 0 Å². The SMILES string of the molecule is Cc1cccc(NC(=O)NN2CC=CCC2)n1. The van der Waals surface area contributed by atoms with Crippen molar-refractivity contribution in [1.29, 1.82) is 0 Å². The highest BCUT2D eigenvalue weighted by atomic mass is 16.2. The summed E-state index contributed by atoms with van der Waals surface area (Å²) in [6.45, 7) is 3.47. The van der Waals surface area contributed by atoms with Crippen LogP contribution in [0, 0.1) is 6.92 Å². The molecule has 1 aliphatic heterocycles. The Hall–Kier alpha value is -1.88. The molecule has 2 N–H and O–H groups in total. The molecule has 0 aliphatic carbocycles. The summed E-state index contributed by atoms with van der Waals surface area (Å²) in [5, 5.41) is 4.57. The van der Waals surface area contributed by atoms with Crippen molar-refractivity contribution in [3.8, 4) is 0 Å². The monoisotopic (exact) mass is 232 g/mol. The van der Waals surface area contributed by atoms with Crippen LogP contribution in [0.15, 0.2) is 30.4 Å². The third-order valence-corrected chi connectivity index (χ3v) is 2.45. The lowest BCUT2D eigenvalue weighted by atomic mass is 10.3. The number of aryl methyl sites for hydroxylation is 1. The van der Waals surface area contributed by atoms with Gasteiger partial charge in [-0.1, -0.05) is 18.2 Å². The topological polar surface area (TPSA) is 57.3 Å². The molecule has 0 radical (unpaired) electrons. The molecule has 90 valence electrons. The summed E-state index contributed by atoms with van der Waals surface area (Å²) < 4.78 is 0. The molecular weight excluding hydrogens is 216 g/mol. The van der Waals surface area contributed by atoms with E-state index in [2.05, 4.69) is 21.8 Å². The van der Waals surface area contributed by atoms with Crippen LogP contribution in [-0.2, 0) is 0 Å². The second-order valence-corrected chi connectivity index (χ2v) is 3.94. The Bertz CT molecular complexity index is 430. The van der Waals surface area contributed by atoms with Crippen molar-refractivity contribution in [3.63, 3.8) is 0 Å². The van der Waals surface area contributed by atoms with E-state index < -0.39 is 0 Å². The summed E-state index contributed by atoms with van der Waals surface area (Å²) in [6.07, 6.45) is 5.11. The Morgan fingerprint density at radius 2 is 2.29 bits per heavy atom. The Kier molecular flexibility index (Phi) is 3.72. The van der Waals surface area contributed by atoms with Crippen LogP contribution in [-0.4, -0.2) is 29.1 Å². The molecule has 0 saturated heterocycles. The second-order valence-electron chi connectivity index (χ2n) is 3.94. The predicted molar refractivity (Wildman–Crippen MR) is 66.5 cm³/mol.